The van der Waals surface area contributed by atoms with Crippen molar-refractivity contribution in [3.63, 3.8) is 0 Å². The molecule has 4 heterocycles. The first kappa shape index (κ1) is 39.3. The second-order valence-electron chi connectivity index (χ2n) is 17.3. The zero-order chi connectivity index (χ0) is 45.0. The molecule has 0 unspecified atom stereocenters. The van der Waals surface area contributed by atoms with E-state index < -0.39 is 0 Å². The molecule has 0 bridgehead atoms. The summed E-state index contributed by atoms with van der Waals surface area (Å²) < 4.78 is 0. The Labute approximate surface area is 393 Å². The topological polar surface area (TPSA) is 51.6 Å². The van der Waals surface area contributed by atoms with E-state index >= 15 is 0 Å². The van der Waals surface area contributed by atoms with Crippen LogP contribution in [0.3, 0.4) is 0 Å². The van der Waals surface area contributed by atoms with E-state index in [1.807, 2.05) is 49.1 Å². The zero-order valence-corrected chi connectivity index (χ0v) is 36.9. The van der Waals surface area contributed by atoms with E-state index in [1.54, 1.807) is 0 Å². The van der Waals surface area contributed by atoms with Crippen LogP contribution in [0.5, 0.6) is 0 Å². The summed E-state index contributed by atoms with van der Waals surface area (Å²) in [4.78, 5) is 19.7. The van der Waals surface area contributed by atoms with E-state index in [-0.39, 0.29) is 0 Å². The third-order valence-corrected chi connectivity index (χ3v) is 13.4. The van der Waals surface area contributed by atoms with Gasteiger partial charge in [-0.05, 0) is 160 Å². The molecule has 0 aliphatic carbocycles. The van der Waals surface area contributed by atoms with E-state index in [1.165, 1.54) is 49.0 Å². The minimum absolute atomic E-state index is 0.887. The molecule has 0 aliphatic rings. The maximum absolute atomic E-state index is 5.51. The first-order valence-electron chi connectivity index (χ1n) is 23.0. The molecule has 0 N–H and O–H groups in total. The van der Waals surface area contributed by atoms with Crippen LogP contribution < -0.4 is 0 Å². The van der Waals surface area contributed by atoms with Gasteiger partial charge in [-0.2, -0.15) is 0 Å². The Balaban J connectivity index is 1.23. The fourth-order valence-corrected chi connectivity index (χ4v) is 10.3. The molecule has 9 aromatic carbocycles. The maximum atomic E-state index is 5.51. The van der Waals surface area contributed by atoms with Crippen molar-refractivity contribution in [1.82, 2.24) is 19.9 Å². The molecule has 316 valence electrons. The molecule has 4 heteroatoms. The van der Waals surface area contributed by atoms with Gasteiger partial charge in [0, 0.05) is 47.0 Å². The average Bonchev–Trinajstić information content (AvgIpc) is 3.42. The van der Waals surface area contributed by atoms with Gasteiger partial charge in [0.05, 0.1) is 22.8 Å². The Morgan fingerprint density at radius 1 is 0.206 bits per heavy atom. The highest BCUT2D eigenvalue weighted by Gasteiger charge is 2.24. The van der Waals surface area contributed by atoms with Crippen molar-refractivity contribution in [2.75, 3.05) is 0 Å². The Morgan fingerprint density at radius 2 is 0.676 bits per heavy atom. The van der Waals surface area contributed by atoms with Crippen LogP contribution in [-0.4, -0.2) is 19.9 Å². The summed E-state index contributed by atoms with van der Waals surface area (Å²) in [7, 11) is 0. The van der Waals surface area contributed by atoms with Crippen LogP contribution in [0.4, 0.5) is 0 Å². The van der Waals surface area contributed by atoms with Crippen LogP contribution in [0.2, 0.25) is 0 Å². The molecular formula is C64H40N4. The normalized spacial score (nSPS) is 11.5. The van der Waals surface area contributed by atoms with Crippen LogP contribution in [0.15, 0.2) is 243 Å². The summed E-state index contributed by atoms with van der Waals surface area (Å²) in [5.41, 5.74) is 14.8. The van der Waals surface area contributed by atoms with Gasteiger partial charge in [0.15, 0.2) is 0 Å². The SMILES string of the molecule is c1ccc(-c2ccc3c(-c4cccc(-c5ccncc5)n4)c4cc5c(-c6ccccc6)c(-c6ccc7ccccc7c6)c6ccccc6c5cc4c(-c4cccc(-c5ccncc5)n4)c3c2)cc1. The summed E-state index contributed by atoms with van der Waals surface area (Å²) in [5.74, 6) is 0. The molecule has 0 atom stereocenters. The lowest BCUT2D eigenvalue weighted by Gasteiger charge is -2.22. The molecule has 13 aromatic rings. The molecule has 0 saturated carbocycles. The standard InChI is InChI=1S/C64H40N4/c1-3-13-41(14-4-1)47-27-28-51-53(38-47)64(60-24-12-22-58(68-60)44-31-35-66-36-32-44)55-39-52-49-19-9-10-20-50(49)62(48-26-25-42-15-7-8-18-46(42)37-48)61(45-16-5-2-6-17-45)54(52)40-56(55)63(51)59-23-11-21-57(67-59)43-29-33-65-34-30-43/h1-40H. The molecule has 13 rings (SSSR count). The molecule has 0 spiro atoms. The summed E-state index contributed by atoms with van der Waals surface area (Å²) in [5, 5.41) is 11.6. The van der Waals surface area contributed by atoms with Gasteiger partial charge < -0.3 is 0 Å². The molecule has 0 aliphatic heterocycles. The molecule has 0 saturated heterocycles. The van der Waals surface area contributed by atoms with E-state index in [2.05, 4.69) is 204 Å². The van der Waals surface area contributed by atoms with E-state index in [0.29, 0.717) is 0 Å². The summed E-state index contributed by atoms with van der Waals surface area (Å²) in [6.45, 7) is 0. The number of nitrogens with zero attached hydrogens (tertiary/aromatic N) is 4. The first-order chi connectivity index (χ1) is 33.7. The van der Waals surface area contributed by atoms with Crippen LogP contribution in [0, 0.1) is 0 Å². The van der Waals surface area contributed by atoms with E-state index in [9.17, 15) is 0 Å². The quantitative estimate of drug-likeness (QED) is 0.118. The largest absolute Gasteiger partial charge is 0.265 e. The second-order valence-corrected chi connectivity index (χ2v) is 17.3. The fraction of sp³-hybridized carbons (Fsp3) is 0. The van der Waals surface area contributed by atoms with Crippen molar-refractivity contribution in [3.8, 4) is 78.4 Å². The van der Waals surface area contributed by atoms with Gasteiger partial charge in [-0.3, -0.25) is 9.97 Å². The van der Waals surface area contributed by atoms with Crippen LogP contribution in [0.25, 0.3) is 132 Å². The highest BCUT2D eigenvalue weighted by molar-refractivity contribution is 6.29. The smallest absolute Gasteiger partial charge is 0.0722 e. The molecular weight excluding hydrogens is 825 g/mol. The van der Waals surface area contributed by atoms with E-state index in [4.69, 9.17) is 9.97 Å². The number of hydrogen-bond donors (Lipinski definition) is 0. The third kappa shape index (κ3) is 6.69. The van der Waals surface area contributed by atoms with Crippen molar-refractivity contribution in [2.24, 2.45) is 0 Å². The minimum Gasteiger partial charge on any atom is -0.265 e. The minimum atomic E-state index is 0.887. The van der Waals surface area contributed by atoms with E-state index in [0.717, 1.165) is 83.3 Å². The Hall–Kier alpha value is -9.12. The summed E-state index contributed by atoms with van der Waals surface area (Å²) in [6, 6.07) is 78.7. The van der Waals surface area contributed by atoms with Crippen LogP contribution >= 0.6 is 0 Å². The van der Waals surface area contributed by atoms with Gasteiger partial charge in [0.2, 0.25) is 0 Å². The molecule has 4 nitrogen and oxygen atoms in total. The lowest BCUT2D eigenvalue weighted by Crippen LogP contribution is -1.97. The number of hydrogen-bond acceptors (Lipinski definition) is 4. The zero-order valence-electron chi connectivity index (χ0n) is 36.9. The van der Waals surface area contributed by atoms with Gasteiger partial charge >= 0.3 is 0 Å². The Morgan fingerprint density at radius 3 is 1.34 bits per heavy atom. The van der Waals surface area contributed by atoms with Gasteiger partial charge in [0.1, 0.15) is 0 Å². The fourth-order valence-electron chi connectivity index (χ4n) is 10.3. The number of rotatable bonds is 7. The van der Waals surface area contributed by atoms with Gasteiger partial charge in [-0.15, -0.1) is 0 Å². The number of pyridine rings is 4. The molecule has 68 heavy (non-hydrogen) atoms. The van der Waals surface area contributed by atoms with Gasteiger partial charge in [-0.1, -0.05) is 146 Å². The molecule has 0 radical (unpaired) electrons. The highest BCUT2D eigenvalue weighted by Crippen LogP contribution is 2.50. The number of fused-ring (bicyclic) bond motifs is 6. The second kappa shape index (κ2) is 16.4. The van der Waals surface area contributed by atoms with Gasteiger partial charge in [0.25, 0.3) is 0 Å². The average molecular weight is 865 g/mol. The van der Waals surface area contributed by atoms with Crippen molar-refractivity contribution in [2.45, 2.75) is 0 Å². The lowest BCUT2D eigenvalue weighted by molar-refractivity contribution is 1.29. The Kier molecular flexibility index (Phi) is 9.47. The summed E-state index contributed by atoms with van der Waals surface area (Å²) in [6.07, 6.45) is 7.32. The number of aromatic nitrogens is 4. The first-order valence-corrected chi connectivity index (χ1v) is 23.0. The third-order valence-electron chi connectivity index (χ3n) is 13.4. The molecule has 0 fully saturated rings. The van der Waals surface area contributed by atoms with Gasteiger partial charge in [-0.25, -0.2) is 9.97 Å². The molecule has 0 amide bonds. The lowest BCUT2D eigenvalue weighted by atomic mass is 9.81. The van der Waals surface area contributed by atoms with Crippen LogP contribution in [0.1, 0.15) is 0 Å². The highest BCUT2D eigenvalue weighted by atomic mass is 14.7. The number of benzene rings is 9. The maximum Gasteiger partial charge on any atom is 0.0722 e. The monoisotopic (exact) mass is 864 g/mol. The van der Waals surface area contributed by atoms with Crippen molar-refractivity contribution >= 4 is 53.9 Å². The molecule has 4 aromatic heterocycles. The predicted molar refractivity (Wildman–Crippen MR) is 283 cm³/mol. The van der Waals surface area contributed by atoms with Crippen molar-refractivity contribution in [1.29, 1.82) is 0 Å². The predicted octanol–water partition coefficient (Wildman–Crippen LogP) is 16.7. The Bertz CT molecular complexity index is 4060. The van der Waals surface area contributed by atoms with Crippen molar-refractivity contribution < 1.29 is 0 Å². The van der Waals surface area contributed by atoms with Crippen molar-refractivity contribution in [3.05, 3.63) is 243 Å². The summed E-state index contributed by atoms with van der Waals surface area (Å²) >= 11 is 0. The van der Waals surface area contributed by atoms with Crippen LogP contribution in [-0.2, 0) is 0 Å².